The van der Waals surface area contributed by atoms with Crippen LogP contribution in [0.5, 0.6) is 0 Å². The number of fused-ring (bicyclic) bond motifs is 1. The molecule has 2 aliphatic heterocycles. The van der Waals surface area contributed by atoms with Crippen molar-refractivity contribution in [2.24, 2.45) is 13.0 Å². The van der Waals surface area contributed by atoms with Crippen molar-refractivity contribution in [3.05, 3.63) is 34.2 Å². The van der Waals surface area contributed by atoms with Gasteiger partial charge in [-0.1, -0.05) is 11.8 Å². The van der Waals surface area contributed by atoms with Gasteiger partial charge in [0.1, 0.15) is 6.04 Å². The van der Waals surface area contributed by atoms with E-state index in [1.165, 1.54) is 17.4 Å². The number of carbonyl (C=O) groups excluding carboxylic acids is 2. The van der Waals surface area contributed by atoms with Gasteiger partial charge in [0, 0.05) is 25.5 Å². The van der Waals surface area contributed by atoms with Gasteiger partial charge >= 0.3 is 5.69 Å². The lowest BCUT2D eigenvalue weighted by molar-refractivity contribution is -0.135. The van der Waals surface area contributed by atoms with E-state index in [9.17, 15) is 14.4 Å². The molecule has 152 valence electrons. The highest BCUT2D eigenvalue weighted by atomic mass is 16.2. The molecule has 2 N–H and O–H groups in total. The van der Waals surface area contributed by atoms with E-state index in [4.69, 9.17) is 0 Å². The number of hydrogen-bond donors (Lipinski definition) is 2. The van der Waals surface area contributed by atoms with E-state index >= 15 is 0 Å². The molecule has 0 saturated carbocycles. The van der Waals surface area contributed by atoms with Crippen molar-refractivity contribution in [1.82, 2.24) is 19.8 Å². The Hall–Kier alpha value is -2.85. The number of rotatable bonds is 3. The first-order chi connectivity index (χ1) is 14.0. The zero-order chi connectivity index (χ0) is 20.4. The van der Waals surface area contributed by atoms with Crippen LogP contribution in [0, 0.1) is 17.8 Å². The van der Waals surface area contributed by atoms with Crippen LogP contribution < -0.4 is 16.3 Å². The smallest absolute Gasteiger partial charge is 0.317 e. The molecule has 29 heavy (non-hydrogen) atoms. The summed E-state index contributed by atoms with van der Waals surface area (Å²) >= 11 is 0. The van der Waals surface area contributed by atoms with Gasteiger partial charge in [-0.15, -0.1) is 0 Å². The fourth-order valence-electron chi connectivity index (χ4n) is 4.28. The molecular weight excluding hydrogens is 368 g/mol. The second-order valence-electron chi connectivity index (χ2n) is 7.92. The molecule has 2 fully saturated rings. The minimum atomic E-state index is -0.661. The van der Waals surface area contributed by atoms with E-state index in [1.54, 1.807) is 11.6 Å². The fraction of sp³-hybridized carbons (Fsp3) is 0.500. The third-order valence-corrected chi connectivity index (χ3v) is 5.98. The molecule has 1 unspecified atom stereocenters. The molecule has 7 heteroatoms. The number of imidazole rings is 1. The first-order valence-corrected chi connectivity index (χ1v) is 10.3. The van der Waals surface area contributed by atoms with Crippen LogP contribution in [0.15, 0.2) is 23.0 Å². The molecule has 2 saturated heterocycles. The number of nitrogens with zero attached hydrogens (tertiary/aromatic N) is 2. The summed E-state index contributed by atoms with van der Waals surface area (Å²) in [7, 11) is 1.70. The van der Waals surface area contributed by atoms with E-state index < -0.39 is 11.9 Å². The zero-order valence-corrected chi connectivity index (χ0v) is 16.7. The molecule has 0 spiro atoms. The van der Waals surface area contributed by atoms with Crippen molar-refractivity contribution in [2.75, 3.05) is 13.1 Å². The molecular formula is C22H26N4O3. The van der Waals surface area contributed by atoms with Gasteiger partial charge in [0.2, 0.25) is 11.8 Å². The third kappa shape index (κ3) is 3.99. The standard InChI is InChI=1S/C22H26N4O3/c1-25-19-14-16(5-3-2-4-15-10-12-23-13-11-15)6-7-17(19)26(22(25)29)18-8-9-20(27)24-21(18)28/h6-7,14-15,18,23H,2,4,8-13H2,1H3,(H,24,27,28). The minimum Gasteiger partial charge on any atom is -0.317 e. The average molecular weight is 394 g/mol. The van der Waals surface area contributed by atoms with Gasteiger partial charge in [-0.25, -0.2) is 4.79 Å². The molecule has 2 amide bonds. The molecule has 7 nitrogen and oxygen atoms in total. The summed E-state index contributed by atoms with van der Waals surface area (Å²) in [4.78, 5) is 36.5. The molecule has 3 heterocycles. The highest BCUT2D eigenvalue weighted by Gasteiger charge is 2.31. The van der Waals surface area contributed by atoms with Crippen molar-refractivity contribution in [3.63, 3.8) is 0 Å². The monoisotopic (exact) mass is 394 g/mol. The zero-order valence-electron chi connectivity index (χ0n) is 16.7. The number of carbonyl (C=O) groups is 2. The second kappa shape index (κ2) is 8.26. The predicted molar refractivity (Wildman–Crippen MR) is 110 cm³/mol. The molecule has 0 aliphatic carbocycles. The summed E-state index contributed by atoms with van der Waals surface area (Å²) in [5.41, 5.74) is 2.03. The van der Waals surface area contributed by atoms with Crippen molar-refractivity contribution < 1.29 is 9.59 Å². The number of hydrogen-bond acceptors (Lipinski definition) is 4. The van der Waals surface area contributed by atoms with Crippen molar-refractivity contribution in [2.45, 2.75) is 44.6 Å². The Bertz CT molecular complexity index is 1060. The van der Waals surface area contributed by atoms with Crippen LogP contribution in [0.2, 0.25) is 0 Å². The van der Waals surface area contributed by atoms with Gasteiger partial charge in [-0.05, 0) is 62.9 Å². The van der Waals surface area contributed by atoms with E-state index in [-0.39, 0.29) is 18.0 Å². The summed E-state index contributed by atoms with van der Waals surface area (Å²) in [6.45, 7) is 2.21. The number of nitrogens with one attached hydrogen (secondary N) is 2. The van der Waals surface area contributed by atoms with Gasteiger partial charge in [0.05, 0.1) is 11.0 Å². The fourth-order valence-corrected chi connectivity index (χ4v) is 4.28. The quantitative estimate of drug-likeness (QED) is 0.610. The minimum absolute atomic E-state index is 0.236. The molecule has 0 radical (unpaired) electrons. The Morgan fingerprint density at radius 2 is 1.90 bits per heavy atom. The molecule has 1 aromatic heterocycles. The lowest BCUT2D eigenvalue weighted by atomic mass is 9.93. The van der Waals surface area contributed by atoms with E-state index in [0.29, 0.717) is 11.9 Å². The Labute approximate surface area is 169 Å². The number of aromatic nitrogens is 2. The van der Waals surface area contributed by atoms with Crippen LogP contribution in [0.3, 0.4) is 0 Å². The highest BCUT2D eigenvalue weighted by Crippen LogP contribution is 2.23. The molecule has 2 aliphatic rings. The molecule has 1 atom stereocenters. The van der Waals surface area contributed by atoms with Gasteiger partial charge in [-0.3, -0.25) is 24.0 Å². The maximum absolute atomic E-state index is 12.8. The SMILES string of the molecule is Cn1c(=O)n(C2CCC(=O)NC2=O)c2ccc(C#CCCC3CCNCC3)cc21. The lowest BCUT2D eigenvalue weighted by Crippen LogP contribution is -2.44. The van der Waals surface area contributed by atoms with Crippen LogP contribution in [-0.4, -0.2) is 34.0 Å². The first kappa shape index (κ1) is 19.5. The maximum atomic E-state index is 12.8. The van der Waals surface area contributed by atoms with Crippen molar-refractivity contribution in [1.29, 1.82) is 0 Å². The predicted octanol–water partition coefficient (Wildman–Crippen LogP) is 1.45. The Kier molecular flexibility index (Phi) is 5.54. The highest BCUT2D eigenvalue weighted by molar-refractivity contribution is 6.00. The van der Waals surface area contributed by atoms with Gasteiger partial charge in [0.15, 0.2) is 0 Å². The lowest BCUT2D eigenvalue weighted by Gasteiger charge is -2.21. The van der Waals surface area contributed by atoms with E-state index in [2.05, 4.69) is 22.5 Å². The van der Waals surface area contributed by atoms with Crippen molar-refractivity contribution in [3.8, 4) is 11.8 Å². The van der Waals surface area contributed by atoms with Crippen LogP contribution in [0.4, 0.5) is 0 Å². The Morgan fingerprint density at radius 1 is 1.10 bits per heavy atom. The summed E-state index contributed by atoms with van der Waals surface area (Å²) < 4.78 is 3.03. The van der Waals surface area contributed by atoms with E-state index in [0.717, 1.165) is 42.9 Å². The number of amides is 2. The van der Waals surface area contributed by atoms with Crippen LogP contribution >= 0.6 is 0 Å². The molecule has 1 aromatic carbocycles. The van der Waals surface area contributed by atoms with Crippen LogP contribution in [-0.2, 0) is 16.6 Å². The summed E-state index contributed by atoms with van der Waals surface area (Å²) in [6.07, 6.45) is 5.02. The first-order valence-electron chi connectivity index (χ1n) is 10.3. The number of benzene rings is 1. The summed E-state index contributed by atoms with van der Waals surface area (Å²) in [6, 6.07) is 4.97. The summed E-state index contributed by atoms with van der Waals surface area (Å²) in [5, 5.41) is 5.71. The average Bonchev–Trinajstić information content (AvgIpc) is 2.97. The number of piperidine rings is 2. The number of imide groups is 1. The Morgan fingerprint density at radius 3 is 2.66 bits per heavy atom. The van der Waals surface area contributed by atoms with Gasteiger partial charge < -0.3 is 5.32 Å². The molecule has 4 rings (SSSR count). The number of aryl methyl sites for hydroxylation is 1. The maximum Gasteiger partial charge on any atom is 0.329 e. The molecule has 0 bridgehead atoms. The molecule has 2 aromatic rings. The summed E-state index contributed by atoms with van der Waals surface area (Å²) in [5.74, 6) is 6.53. The third-order valence-electron chi connectivity index (χ3n) is 5.98. The van der Waals surface area contributed by atoms with Gasteiger partial charge in [0.25, 0.3) is 0 Å². The second-order valence-corrected chi connectivity index (χ2v) is 7.92. The van der Waals surface area contributed by atoms with Crippen LogP contribution in [0.25, 0.3) is 11.0 Å². The van der Waals surface area contributed by atoms with E-state index in [1.807, 2.05) is 18.2 Å². The van der Waals surface area contributed by atoms with Crippen molar-refractivity contribution >= 4 is 22.8 Å². The Balaban J connectivity index is 1.55. The normalized spacial score (nSPS) is 20.4. The topological polar surface area (TPSA) is 85.1 Å². The van der Waals surface area contributed by atoms with Gasteiger partial charge in [-0.2, -0.15) is 0 Å². The van der Waals surface area contributed by atoms with Crippen LogP contribution in [0.1, 0.15) is 50.1 Å². The largest absolute Gasteiger partial charge is 0.329 e.